The first kappa shape index (κ1) is 30.9. The Morgan fingerprint density at radius 2 is 1.19 bits per heavy atom. The third kappa shape index (κ3) is 4.84. The summed E-state index contributed by atoms with van der Waals surface area (Å²) in [5.41, 5.74) is 18.5. The number of hydrogen-bond acceptors (Lipinski definition) is 0. The Morgan fingerprint density at radius 3 is 1.83 bits per heavy atom. The van der Waals surface area contributed by atoms with Gasteiger partial charge in [-0.3, -0.25) is 0 Å². The molecule has 2 aliphatic carbocycles. The first-order chi connectivity index (χ1) is 23.6. The van der Waals surface area contributed by atoms with Gasteiger partial charge in [0.05, 0.1) is 5.41 Å². The molecule has 5 aromatic rings. The Labute approximate surface area is 285 Å². The fourth-order valence-electron chi connectivity index (χ4n) is 7.84. The highest BCUT2D eigenvalue weighted by atomic mass is 14.5. The van der Waals surface area contributed by atoms with Crippen molar-refractivity contribution in [2.75, 3.05) is 0 Å². The largest absolute Gasteiger partial charge is 0.0985 e. The van der Waals surface area contributed by atoms with E-state index in [1.807, 2.05) is 25.2 Å². The van der Waals surface area contributed by atoms with Crippen molar-refractivity contribution in [2.24, 2.45) is 0 Å². The van der Waals surface area contributed by atoms with Crippen LogP contribution in [-0.4, -0.2) is 0 Å². The van der Waals surface area contributed by atoms with Crippen molar-refractivity contribution in [3.8, 4) is 33.4 Å². The van der Waals surface area contributed by atoms with E-state index in [-0.39, 0.29) is 5.41 Å². The first-order valence-electron chi connectivity index (χ1n) is 16.7. The van der Waals surface area contributed by atoms with Crippen LogP contribution in [0.5, 0.6) is 0 Å². The molecule has 0 radical (unpaired) electrons. The van der Waals surface area contributed by atoms with Gasteiger partial charge >= 0.3 is 0 Å². The van der Waals surface area contributed by atoms with E-state index in [1.165, 1.54) is 66.8 Å². The Kier molecular flexibility index (Phi) is 8.26. The van der Waals surface area contributed by atoms with Crippen LogP contribution in [0.4, 0.5) is 0 Å². The fraction of sp³-hybridized carbons (Fsp3) is 0.0833. The summed E-state index contributed by atoms with van der Waals surface area (Å²) in [7, 11) is 0. The molecule has 0 heterocycles. The average molecular weight is 617 g/mol. The number of rotatable bonds is 9. The molecule has 0 nitrogen and oxygen atoms in total. The molecule has 48 heavy (non-hydrogen) atoms. The molecule has 0 unspecified atom stereocenters. The van der Waals surface area contributed by atoms with Crippen LogP contribution in [0, 0.1) is 0 Å². The van der Waals surface area contributed by atoms with Crippen LogP contribution in [0.25, 0.3) is 39.0 Å². The second-order valence-electron chi connectivity index (χ2n) is 12.4. The molecule has 0 atom stereocenters. The van der Waals surface area contributed by atoms with Gasteiger partial charge in [-0.2, -0.15) is 0 Å². The van der Waals surface area contributed by atoms with Crippen LogP contribution < -0.4 is 0 Å². The summed E-state index contributed by atoms with van der Waals surface area (Å²) < 4.78 is 0. The summed E-state index contributed by atoms with van der Waals surface area (Å²) in [6.45, 7) is 16.1. The molecule has 232 valence electrons. The standard InChI is InChI=1S/C48H40/c1-6-34(7-2)36(10-5)19-12-11-18-33-26-28-46-42(30-33)43-32-39(38-21-17-20-37(31-38)35(8-3)9-4)27-29-47(43)48(46)44-24-15-13-22-40(44)41-23-14-16-25-45(41)48/h6-17,19-32H,1,3,5,18H2,2,4H3/b12-11-,34-7+,35-9+,36-19+. The molecular weight excluding hydrogens is 577 g/mol. The number of allylic oxidation sites excluding steroid dienone is 11. The number of fused-ring (bicyclic) bond motifs is 10. The van der Waals surface area contributed by atoms with Crippen molar-refractivity contribution in [3.05, 3.63) is 222 Å². The van der Waals surface area contributed by atoms with Crippen LogP contribution >= 0.6 is 0 Å². The van der Waals surface area contributed by atoms with E-state index in [4.69, 9.17) is 0 Å². The van der Waals surface area contributed by atoms with E-state index in [0.717, 1.165) is 23.1 Å². The summed E-state index contributed by atoms with van der Waals surface area (Å²) >= 11 is 0. The van der Waals surface area contributed by atoms with Crippen molar-refractivity contribution in [3.63, 3.8) is 0 Å². The lowest BCUT2D eigenvalue weighted by Crippen LogP contribution is -2.25. The van der Waals surface area contributed by atoms with Gasteiger partial charge in [0.15, 0.2) is 0 Å². The minimum absolute atomic E-state index is 0.358. The molecule has 0 fully saturated rings. The second kappa shape index (κ2) is 12.8. The van der Waals surface area contributed by atoms with Gasteiger partial charge < -0.3 is 0 Å². The third-order valence-corrected chi connectivity index (χ3v) is 10.1. The van der Waals surface area contributed by atoms with E-state index in [9.17, 15) is 0 Å². The van der Waals surface area contributed by atoms with Crippen molar-refractivity contribution in [1.29, 1.82) is 0 Å². The molecule has 1 spiro atoms. The van der Waals surface area contributed by atoms with Crippen LogP contribution in [0.15, 0.2) is 189 Å². The lowest BCUT2D eigenvalue weighted by molar-refractivity contribution is 0.793. The predicted molar refractivity (Wildman–Crippen MR) is 207 cm³/mol. The van der Waals surface area contributed by atoms with Gasteiger partial charge in [0.1, 0.15) is 0 Å². The SMILES string of the molecule is C=CC(=C\C)/C(C=C)=C/C=C\Cc1ccc2c(c1)-c1cc(-c3cccc(/C(C=C)=C/C)c3)ccc1C21c2ccccc2-c2ccccc21. The summed E-state index contributed by atoms with van der Waals surface area (Å²) in [5.74, 6) is 0. The van der Waals surface area contributed by atoms with Gasteiger partial charge in [0.25, 0.3) is 0 Å². The first-order valence-corrected chi connectivity index (χ1v) is 16.7. The Hall–Kier alpha value is -5.72. The normalized spacial score (nSPS) is 14.4. The second-order valence-corrected chi connectivity index (χ2v) is 12.4. The highest BCUT2D eigenvalue weighted by Crippen LogP contribution is 2.63. The maximum atomic E-state index is 4.04. The summed E-state index contributed by atoms with van der Waals surface area (Å²) in [4.78, 5) is 0. The van der Waals surface area contributed by atoms with E-state index in [2.05, 4.69) is 166 Å². The van der Waals surface area contributed by atoms with Crippen molar-refractivity contribution < 1.29 is 0 Å². The molecule has 5 aromatic carbocycles. The molecule has 0 bridgehead atoms. The molecule has 7 rings (SSSR count). The van der Waals surface area contributed by atoms with E-state index in [0.29, 0.717) is 0 Å². The zero-order valence-electron chi connectivity index (χ0n) is 27.8. The van der Waals surface area contributed by atoms with Crippen molar-refractivity contribution >= 4 is 5.57 Å². The Bertz CT molecular complexity index is 2180. The van der Waals surface area contributed by atoms with Gasteiger partial charge in [-0.05, 0) is 116 Å². The van der Waals surface area contributed by atoms with Crippen molar-refractivity contribution in [1.82, 2.24) is 0 Å². The van der Waals surface area contributed by atoms with Gasteiger partial charge in [0, 0.05) is 0 Å². The fourth-order valence-corrected chi connectivity index (χ4v) is 7.84. The van der Waals surface area contributed by atoms with E-state index >= 15 is 0 Å². The lowest BCUT2D eigenvalue weighted by Gasteiger charge is -2.30. The van der Waals surface area contributed by atoms with Crippen molar-refractivity contribution in [2.45, 2.75) is 25.7 Å². The Balaban J connectivity index is 1.40. The molecular formula is C48H40. The summed E-state index contributed by atoms with van der Waals surface area (Å²) in [6.07, 6.45) is 17.2. The molecule has 0 saturated heterocycles. The molecule has 0 N–H and O–H groups in total. The van der Waals surface area contributed by atoms with Gasteiger partial charge in [-0.25, -0.2) is 0 Å². The molecule has 0 heteroatoms. The topological polar surface area (TPSA) is 0 Å². The highest BCUT2D eigenvalue weighted by Gasteiger charge is 2.51. The van der Waals surface area contributed by atoms with Gasteiger partial charge in [-0.15, -0.1) is 0 Å². The highest BCUT2D eigenvalue weighted by molar-refractivity contribution is 5.96. The smallest absolute Gasteiger partial charge is 0.0725 e. The maximum Gasteiger partial charge on any atom is 0.0725 e. The predicted octanol–water partition coefficient (Wildman–Crippen LogP) is 12.6. The molecule has 0 amide bonds. The molecule has 2 aliphatic rings. The van der Waals surface area contributed by atoms with Crippen LogP contribution in [-0.2, 0) is 11.8 Å². The van der Waals surface area contributed by atoms with Gasteiger partial charge in [0.2, 0.25) is 0 Å². The van der Waals surface area contributed by atoms with E-state index in [1.54, 1.807) is 0 Å². The summed E-state index contributed by atoms with van der Waals surface area (Å²) in [5, 5.41) is 0. The lowest BCUT2D eigenvalue weighted by atomic mass is 9.70. The minimum Gasteiger partial charge on any atom is -0.0985 e. The van der Waals surface area contributed by atoms with Crippen LogP contribution in [0.3, 0.4) is 0 Å². The Morgan fingerprint density at radius 1 is 0.562 bits per heavy atom. The molecule has 0 aliphatic heterocycles. The molecule has 0 aromatic heterocycles. The maximum absolute atomic E-state index is 4.04. The zero-order chi connectivity index (χ0) is 33.3. The third-order valence-electron chi connectivity index (χ3n) is 10.1. The van der Waals surface area contributed by atoms with Crippen LogP contribution in [0.1, 0.15) is 47.2 Å². The van der Waals surface area contributed by atoms with Gasteiger partial charge in [-0.1, -0.05) is 165 Å². The van der Waals surface area contributed by atoms with Crippen LogP contribution in [0.2, 0.25) is 0 Å². The minimum atomic E-state index is -0.358. The molecule has 0 saturated carbocycles. The summed E-state index contributed by atoms with van der Waals surface area (Å²) in [6, 6.07) is 41.0. The zero-order valence-corrected chi connectivity index (χ0v) is 27.8. The van der Waals surface area contributed by atoms with E-state index < -0.39 is 0 Å². The quantitative estimate of drug-likeness (QED) is 0.142. The average Bonchev–Trinajstić information content (AvgIpc) is 3.60. The number of hydrogen-bond donors (Lipinski definition) is 0. The monoisotopic (exact) mass is 616 g/mol. The number of benzene rings is 5.